The first-order chi connectivity index (χ1) is 9.35. The van der Waals surface area contributed by atoms with E-state index in [4.69, 9.17) is 20.9 Å². The molecule has 0 aliphatic heterocycles. The highest BCUT2D eigenvalue weighted by Crippen LogP contribution is 2.18. The van der Waals surface area contributed by atoms with Crippen molar-refractivity contribution in [2.45, 2.75) is 44.5 Å². The van der Waals surface area contributed by atoms with Crippen molar-refractivity contribution in [3.63, 3.8) is 0 Å². The number of aliphatic carboxylic acids is 1. The molecule has 118 valence electrons. The minimum Gasteiger partial charge on any atom is -0.480 e. The average molecular weight is 290 g/mol. The SMILES string of the molecule is CCN(CCO)CC[C@](N)(CCCCB(O)O)C(=O)O. The molecule has 1 atom stereocenters. The van der Waals surface area contributed by atoms with E-state index in [-0.39, 0.29) is 12.9 Å². The van der Waals surface area contributed by atoms with Crippen molar-refractivity contribution in [2.75, 3.05) is 26.2 Å². The topological polar surface area (TPSA) is 127 Å². The number of hydrogen-bond donors (Lipinski definition) is 5. The molecule has 0 bridgehead atoms. The van der Waals surface area contributed by atoms with E-state index in [1.807, 2.05) is 11.8 Å². The van der Waals surface area contributed by atoms with E-state index in [9.17, 15) is 9.90 Å². The second-order valence-electron chi connectivity index (χ2n) is 5.10. The van der Waals surface area contributed by atoms with Crippen molar-refractivity contribution in [1.29, 1.82) is 0 Å². The molecule has 0 aromatic rings. The zero-order valence-corrected chi connectivity index (χ0v) is 12.2. The molecule has 0 saturated heterocycles. The van der Waals surface area contributed by atoms with Gasteiger partial charge in [0.25, 0.3) is 0 Å². The molecule has 0 heterocycles. The van der Waals surface area contributed by atoms with E-state index in [1.165, 1.54) is 0 Å². The van der Waals surface area contributed by atoms with Gasteiger partial charge in [0.2, 0.25) is 0 Å². The Morgan fingerprint density at radius 1 is 1.25 bits per heavy atom. The van der Waals surface area contributed by atoms with Gasteiger partial charge in [0, 0.05) is 13.1 Å². The number of aliphatic hydroxyl groups is 1. The van der Waals surface area contributed by atoms with Gasteiger partial charge in [-0.1, -0.05) is 19.8 Å². The van der Waals surface area contributed by atoms with Crippen molar-refractivity contribution >= 4 is 13.1 Å². The zero-order valence-electron chi connectivity index (χ0n) is 12.2. The first-order valence-electron chi connectivity index (χ1n) is 7.07. The van der Waals surface area contributed by atoms with E-state index >= 15 is 0 Å². The summed E-state index contributed by atoms with van der Waals surface area (Å²) in [5.74, 6) is -1.04. The molecule has 0 fully saturated rings. The van der Waals surface area contributed by atoms with Crippen LogP contribution in [0.25, 0.3) is 0 Å². The summed E-state index contributed by atoms with van der Waals surface area (Å²) in [6, 6.07) is 0. The van der Waals surface area contributed by atoms with Gasteiger partial charge in [-0.25, -0.2) is 0 Å². The Hall–Kier alpha value is -0.665. The number of rotatable bonds is 12. The van der Waals surface area contributed by atoms with Gasteiger partial charge in [-0.15, -0.1) is 0 Å². The monoisotopic (exact) mass is 290 g/mol. The van der Waals surface area contributed by atoms with Crippen molar-refractivity contribution in [2.24, 2.45) is 5.73 Å². The molecule has 0 amide bonds. The van der Waals surface area contributed by atoms with Gasteiger partial charge in [0.05, 0.1) is 6.61 Å². The van der Waals surface area contributed by atoms with Crippen LogP contribution in [0.3, 0.4) is 0 Å². The van der Waals surface area contributed by atoms with Crippen LogP contribution in [-0.4, -0.2) is 70.0 Å². The van der Waals surface area contributed by atoms with Crippen LogP contribution in [0.2, 0.25) is 6.32 Å². The van der Waals surface area contributed by atoms with E-state index in [0.29, 0.717) is 38.8 Å². The number of nitrogens with zero attached hydrogens (tertiary/aromatic N) is 1. The third-order valence-corrected chi connectivity index (χ3v) is 3.50. The predicted octanol–water partition coefficient (Wildman–Crippen LogP) is -0.884. The van der Waals surface area contributed by atoms with Gasteiger partial charge < -0.3 is 30.9 Å². The van der Waals surface area contributed by atoms with E-state index in [2.05, 4.69) is 0 Å². The van der Waals surface area contributed by atoms with Gasteiger partial charge in [0.15, 0.2) is 0 Å². The van der Waals surface area contributed by atoms with E-state index in [0.717, 1.165) is 6.54 Å². The fourth-order valence-corrected chi connectivity index (χ4v) is 2.03. The van der Waals surface area contributed by atoms with Crippen molar-refractivity contribution < 1.29 is 25.1 Å². The molecular weight excluding hydrogens is 263 g/mol. The molecule has 0 radical (unpaired) electrons. The number of carbonyl (C=O) groups is 1. The molecule has 6 N–H and O–H groups in total. The lowest BCUT2D eigenvalue weighted by Gasteiger charge is -2.28. The Morgan fingerprint density at radius 2 is 1.90 bits per heavy atom. The molecule has 0 aliphatic rings. The van der Waals surface area contributed by atoms with Crippen LogP contribution in [0.15, 0.2) is 0 Å². The quantitative estimate of drug-likeness (QED) is 0.233. The maximum absolute atomic E-state index is 11.3. The van der Waals surface area contributed by atoms with Crippen molar-refractivity contribution in [3.8, 4) is 0 Å². The third kappa shape index (κ3) is 7.81. The molecule has 0 rings (SSSR count). The minimum atomic E-state index is -1.35. The summed E-state index contributed by atoms with van der Waals surface area (Å²) >= 11 is 0. The molecule has 8 heteroatoms. The second-order valence-corrected chi connectivity index (χ2v) is 5.10. The van der Waals surface area contributed by atoms with Crippen LogP contribution in [0, 0.1) is 0 Å². The molecule has 0 saturated carbocycles. The largest absolute Gasteiger partial charge is 0.480 e. The molecule has 0 aromatic carbocycles. The molecule has 0 spiro atoms. The Morgan fingerprint density at radius 3 is 2.35 bits per heavy atom. The Labute approximate surface area is 120 Å². The lowest BCUT2D eigenvalue weighted by molar-refractivity contribution is -0.144. The number of hydrogen-bond acceptors (Lipinski definition) is 6. The fourth-order valence-electron chi connectivity index (χ4n) is 2.03. The highest BCUT2D eigenvalue weighted by molar-refractivity contribution is 6.40. The summed E-state index contributed by atoms with van der Waals surface area (Å²) in [5.41, 5.74) is 4.64. The summed E-state index contributed by atoms with van der Waals surface area (Å²) in [5, 5.41) is 35.6. The number of likely N-dealkylation sites (N-methyl/N-ethyl adjacent to an activating group) is 1. The highest BCUT2D eigenvalue weighted by Gasteiger charge is 2.33. The first-order valence-corrected chi connectivity index (χ1v) is 7.07. The van der Waals surface area contributed by atoms with Crippen LogP contribution in [0.5, 0.6) is 0 Å². The fraction of sp³-hybridized carbons (Fsp3) is 0.917. The van der Waals surface area contributed by atoms with Crippen LogP contribution in [0.1, 0.15) is 32.6 Å². The number of unbranched alkanes of at least 4 members (excludes halogenated alkanes) is 1. The average Bonchev–Trinajstić information content (AvgIpc) is 2.39. The van der Waals surface area contributed by atoms with Gasteiger partial charge >= 0.3 is 13.1 Å². The van der Waals surface area contributed by atoms with Crippen molar-refractivity contribution in [1.82, 2.24) is 4.90 Å². The third-order valence-electron chi connectivity index (χ3n) is 3.50. The summed E-state index contributed by atoms with van der Waals surface area (Å²) in [7, 11) is -1.35. The molecule has 0 aliphatic carbocycles. The molecule has 0 unspecified atom stereocenters. The van der Waals surface area contributed by atoms with Crippen LogP contribution in [-0.2, 0) is 4.79 Å². The Bertz CT molecular complexity index is 281. The summed E-state index contributed by atoms with van der Waals surface area (Å²) < 4.78 is 0. The number of carboxylic acids is 1. The maximum atomic E-state index is 11.3. The summed E-state index contributed by atoms with van der Waals surface area (Å²) in [6.07, 6.45) is 1.88. The van der Waals surface area contributed by atoms with Gasteiger partial charge in [-0.2, -0.15) is 0 Å². The normalized spacial score (nSPS) is 14.3. The van der Waals surface area contributed by atoms with E-state index < -0.39 is 18.6 Å². The lowest BCUT2D eigenvalue weighted by atomic mass is 9.81. The number of nitrogens with two attached hydrogens (primary N) is 1. The summed E-state index contributed by atoms with van der Waals surface area (Å²) in [4.78, 5) is 13.3. The number of carboxylic acid groups (broad SMARTS) is 1. The molecule has 7 nitrogen and oxygen atoms in total. The lowest BCUT2D eigenvalue weighted by Crippen LogP contribution is -2.50. The van der Waals surface area contributed by atoms with Crippen molar-refractivity contribution in [3.05, 3.63) is 0 Å². The maximum Gasteiger partial charge on any atom is 0.451 e. The molecular formula is C12H27BN2O5. The Kier molecular flexibility index (Phi) is 9.78. The zero-order chi connectivity index (χ0) is 15.6. The van der Waals surface area contributed by atoms with Crippen LogP contribution >= 0.6 is 0 Å². The minimum absolute atomic E-state index is 0.0346. The van der Waals surface area contributed by atoms with E-state index in [1.54, 1.807) is 0 Å². The Balaban J connectivity index is 4.26. The second kappa shape index (κ2) is 10.1. The molecule has 0 aromatic heterocycles. The van der Waals surface area contributed by atoms with Crippen LogP contribution < -0.4 is 5.73 Å². The van der Waals surface area contributed by atoms with Crippen LogP contribution in [0.4, 0.5) is 0 Å². The smallest absolute Gasteiger partial charge is 0.451 e. The standard InChI is InChI=1S/C12H27BN2O5/c1-2-15(9-10-16)8-6-12(14,11(17)18)5-3-4-7-13(19)20/h16,19-20H,2-10,14H2,1H3,(H,17,18)/t12-/m1/s1. The summed E-state index contributed by atoms with van der Waals surface area (Å²) in [6.45, 7) is 3.72. The predicted molar refractivity (Wildman–Crippen MR) is 77.2 cm³/mol. The first kappa shape index (κ1) is 19.3. The molecule has 20 heavy (non-hydrogen) atoms. The van der Waals surface area contributed by atoms with Gasteiger partial charge in [-0.05, 0) is 25.7 Å². The highest BCUT2D eigenvalue weighted by atomic mass is 16.4. The number of aliphatic hydroxyl groups excluding tert-OH is 1. The van der Waals surface area contributed by atoms with Gasteiger partial charge in [0.1, 0.15) is 5.54 Å². The van der Waals surface area contributed by atoms with Gasteiger partial charge in [-0.3, -0.25) is 4.79 Å².